The number of aromatic hydroxyl groups is 1. The summed E-state index contributed by atoms with van der Waals surface area (Å²) < 4.78 is 39.5. The number of ether oxygens (including phenoxy) is 1. The summed E-state index contributed by atoms with van der Waals surface area (Å²) in [5.41, 5.74) is -1.05. The highest BCUT2D eigenvalue weighted by Crippen LogP contribution is 2.51. The molecule has 0 aromatic heterocycles. The van der Waals surface area contributed by atoms with Crippen molar-refractivity contribution in [1.29, 1.82) is 0 Å². The normalized spacial score (nSPS) is 17.3. The van der Waals surface area contributed by atoms with E-state index in [1.165, 1.54) is 0 Å². The summed E-state index contributed by atoms with van der Waals surface area (Å²) in [6, 6.07) is 2.91. The lowest BCUT2D eigenvalue weighted by Gasteiger charge is -2.14. The Labute approximate surface area is 99.6 Å². The number of benzene rings is 1. The SMILES string of the molecule is O=C(O)C1(c2ccc(OC(F)(F)F)cc2O)CC1. The number of hydrogen-bond acceptors (Lipinski definition) is 3. The quantitative estimate of drug-likeness (QED) is 0.877. The predicted octanol–water partition coefficient (Wildman–Crippen LogP) is 2.41. The second-order valence-electron chi connectivity index (χ2n) is 4.11. The van der Waals surface area contributed by atoms with Crippen molar-refractivity contribution in [3.05, 3.63) is 23.8 Å². The lowest BCUT2D eigenvalue weighted by atomic mass is 9.95. The lowest BCUT2D eigenvalue weighted by molar-refractivity contribution is -0.274. The van der Waals surface area contributed by atoms with E-state index < -0.39 is 29.2 Å². The minimum absolute atomic E-state index is 0.115. The number of rotatable bonds is 3. The number of carboxylic acids is 1. The third-order valence-electron chi connectivity index (χ3n) is 2.88. The fourth-order valence-electron chi connectivity index (χ4n) is 1.84. The smallest absolute Gasteiger partial charge is 0.507 e. The molecular weight excluding hydrogens is 253 g/mol. The largest absolute Gasteiger partial charge is 0.573 e. The molecule has 7 heteroatoms. The van der Waals surface area contributed by atoms with Crippen LogP contribution in [0.1, 0.15) is 18.4 Å². The molecule has 4 nitrogen and oxygen atoms in total. The fraction of sp³-hybridized carbons (Fsp3) is 0.364. The molecule has 0 atom stereocenters. The molecule has 2 rings (SSSR count). The van der Waals surface area contributed by atoms with Gasteiger partial charge in [-0.25, -0.2) is 0 Å². The standard InChI is InChI=1S/C11H9F3O4/c12-11(13,14)18-6-1-2-7(8(15)5-6)10(3-4-10)9(16)17/h1-2,5,15H,3-4H2,(H,16,17). The summed E-state index contributed by atoms with van der Waals surface area (Å²) >= 11 is 0. The van der Waals surface area contributed by atoms with Gasteiger partial charge in [0.15, 0.2) is 0 Å². The molecule has 0 amide bonds. The van der Waals surface area contributed by atoms with Gasteiger partial charge in [-0.3, -0.25) is 4.79 Å². The van der Waals surface area contributed by atoms with Crippen LogP contribution in [0.25, 0.3) is 0 Å². The first-order valence-electron chi connectivity index (χ1n) is 5.07. The van der Waals surface area contributed by atoms with E-state index in [4.69, 9.17) is 5.11 Å². The Kier molecular flexibility index (Phi) is 2.64. The highest BCUT2D eigenvalue weighted by atomic mass is 19.4. The number of hydrogen-bond donors (Lipinski definition) is 2. The number of phenols is 1. The fourth-order valence-corrected chi connectivity index (χ4v) is 1.84. The Bertz CT molecular complexity index is 492. The molecule has 0 aliphatic heterocycles. The van der Waals surface area contributed by atoms with Crippen LogP contribution >= 0.6 is 0 Å². The van der Waals surface area contributed by atoms with Gasteiger partial charge in [0.05, 0.1) is 5.41 Å². The Morgan fingerprint density at radius 2 is 1.94 bits per heavy atom. The lowest BCUT2D eigenvalue weighted by Crippen LogP contribution is -2.20. The molecule has 0 radical (unpaired) electrons. The van der Waals surface area contributed by atoms with E-state index in [1.807, 2.05) is 0 Å². The first-order chi connectivity index (χ1) is 8.24. The Morgan fingerprint density at radius 1 is 1.33 bits per heavy atom. The molecule has 0 bridgehead atoms. The second-order valence-corrected chi connectivity index (χ2v) is 4.11. The maximum Gasteiger partial charge on any atom is 0.573 e. The minimum atomic E-state index is -4.85. The zero-order valence-corrected chi connectivity index (χ0v) is 8.99. The number of carbonyl (C=O) groups is 1. The van der Waals surface area contributed by atoms with Crippen molar-refractivity contribution in [2.75, 3.05) is 0 Å². The van der Waals surface area contributed by atoms with Crippen molar-refractivity contribution in [3.63, 3.8) is 0 Å². The number of phenolic OH excluding ortho intramolecular Hbond substituents is 1. The number of carboxylic acid groups (broad SMARTS) is 1. The van der Waals surface area contributed by atoms with Crippen molar-refractivity contribution in [3.8, 4) is 11.5 Å². The van der Waals surface area contributed by atoms with Crippen LogP contribution in [0.3, 0.4) is 0 Å². The molecule has 0 unspecified atom stereocenters. The van der Waals surface area contributed by atoms with Gasteiger partial charge in [-0.15, -0.1) is 13.2 Å². The highest BCUT2D eigenvalue weighted by Gasteiger charge is 2.53. The average molecular weight is 262 g/mol. The number of aliphatic carboxylic acids is 1. The third kappa shape index (κ3) is 2.20. The molecule has 0 saturated heterocycles. The van der Waals surface area contributed by atoms with E-state index in [9.17, 15) is 23.1 Å². The monoisotopic (exact) mass is 262 g/mol. The van der Waals surface area contributed by atoms with Crippen LogP contribution in [-0.4, -0.2) is 22.5 Å². The number of halogens is 3. The van der Waals surface area contributed by atoms with E-state index in [0.717, 1.165) is 18.2 Å². The summed E-state index contributed by atoms with van der Waals surface area (Å²) in [5, 5.41) is 18.6. The van der Waals surface area contributed by atoms with Crippen molar-refractivity contribution in [2.45, 2.75) is 24.6 Å². The Morgan fingerprint density at radius 3 is 2.33 bits per heavy atom. The topological polar surface area (TPSA) is 66.8 Å². The highest BCUT2D eigenvalue weighted by molar-refractivity contribution is 5.86. The van der Waals surface area contributed by atoms with E-state index in [2.05, 4.69) is 4.74 Å². The molecule has 18 heavy (non-hydrogen) atoms. The molecule has 1 aromatic carbocycles. The molecular formula is C11H9F3O4. The van der Waals surface area contributed by atoms with Gasteiger partial charge in [-0.05, 0) is 18.9 Å². The van der Waals surface area contributed by atoms with Crippen molar-refractivity contribution >= 4 is 5.97 Å². The van der Waals surface area contributed by atoms with Crippen molar-refractivity contribution in [2.24, 2.45) is 0 Å². The second kappa shape index (κ2) is 3.79. The van der Waals surface area contributed by atoms with E-state index in [-0.39, 0.29) is 5.56 Å². The molecule has 1 aliphatic rings. The Hall–Kier alpha value is -1.92. The van der Waals surface area contributed by atoms with Crippen LogP contribution < -0.4 is 4.74 Å². The molecule has 1 aliphatic carbocycles. The molecule has 0 heterocycles. The van der Waals surface area contributed by atoms with Crippen LogP contribution in [0.2, 0.25) is 0 Å². The van der Waals surface area contributed by atoms with Gasteiger partial charge in [0, 0.05) is 11.6 Å². The predicted molar refractivity (Wildman–Crippen MR) is 53.3 cm³/mol. The van der Waals surface area contributed by atoms with E-state index in [1.54, 1.807) is 0 Å². The van der Waals surface area contributed by atoms with E-state index in [0.29, 0.717) is 12.8 Å². The van der Waals surface area contributed by atoms with Gasteiger partial charge in [-0.1, -0.05) is 6.07 Å². The van der Waals surface area contributed by atoms with Crippen molar-refractivity contribution in [1.82, 2.24) is 0 Å². The maximum atomic E-state index is 12.0. The molecule has 1 saturated carbocycles. The van der Waals surface area contributed by atoms with Crippen molar-refractivity contribution < 1.29 is 32.9 Å². The molecule has 1 fully saturated rings. The minimum Gasteiger partial charge on any atom is -0.507 e. The van der Waals surface area contributed by atoms with Gasteiger partial charge in [0.25, 0.3) is 0 Å². The van der Waals surface area contributed by atoms with Crippen LogP contribution in [-0.2, 0) is 10.2 Å². The van der Waals surface area contributed by atoms with Crippen LogP contribution in [0, 0.1) is 0 Å². The van der Waals surface area contributed by atoms with Crippen LogP contribution in [0.15, 0.2) is 18.2 Å². The summed E-state index contributed by atoms with van der Waals surface area (Å²) in [4.78, 5) is 11.0. The zero-order valence-electron chi connectivity index (χ0n) is 8.99. The number of alkyl halides is 3. The van der Waals surface area contributed by atoms with E-state index >= 15 is 0 Å². The molecule has 1 aromatic rings. The van der Waals surface area contributed by atoms with Crippen LogP contribution in [0.4, 0.5) is 13.2 Å². The summed E-state index contributed by atoms with van der Waals surface area (Å²) in [6.45, 7) is 0. The summed E-state index contributed by atoms with van der Waals surface area (Å²) in [5.74, 6) is -2.18. The van der Waals surface area contributed by atoms with Gasteiger partial charge in [0.2, 0.25) is 0 Å². The summed E-state index contributed by atoms with van der Waals surface area (Å²) in [7, 11) is 0. The molecule has 2 N–H and O–H groups in total. The maximum absolute atomic E-state index is 12.0. The first-order valence-corrected chi connectivity index (χ1v) is 5.07. The molecule has 0 spiro atoms. The molecule has 98 valence electrons. The van der Waals surface area contributed by atoms with Gasteiger partial charge >= 0.3 is 12.3 Å². The zero-order chi connectivity index (χ0) is 13.6. The first kappa shape index (κ1) is 12.5. The van der Waals surface area contributed by atoms with Gasteiger partial charge in [0.1, 0.15) is 11.5 Å². The Balaban J connectivity index is 2.29. The van der Waals surface area contributed by atoms with Crippen LogP contribution in [0.5, 0.6) is 11.5 Å². The van der Waals surface area contributed by atoms with Gasteiger partial charge < -0.3 is 14.9 Å². The average Bonchev–Trinajstić information content (AvgIpc) is 2.95. The van der Waals surface area contributed by atoms with Gasteiger partial charge in [-0.2, -0.15) is 0 Å². The summed E-state index contributed by atoms with van der Waals surface area (Å²) in [6.07, 6.45) is -4.14. The third-order valence-corrected chi connectivity index (χ3v) is 2.88.